The number of piperidine rings is 1. The van der Waals surface area contributed by atoms with E-state index in [-0.39, 0.29) is 24.3 Å². The average Bonchev–Trinajstić information content (AvgIpc) is 3.42. The Morgan fingerprint density at radius 3 is 2.20 bits per heavy atom. The van der Waals surface area contributed by atoms with Crippen molar-refractivity contribution >= 4 is 6.09 Å². The molecule has 5 heteroatoms. The number of rotatable bonds is 11. The lowest BCUT2D eigenvalue weighted by molar-refractivity contribution is -0.00277. The van der Waals surface area contributed by atoms with Crippen LogP contribution < -0.4 is 0 Å². The van der Waals surface area contributed by atoms with Gasteiger partial charge in [0.15, 0.2) is 0 Å². The molecule has 0 N–H and O–H groups in total. The van der Waals surface area contributed by atoms with Gasteiger partial charge in [0, 0.05) is 32.2 Å². The quantitative estimate of drug-likeness (QED) is 0.242. The molecule has 1 saturated heterocycles. The minimum Gasteiger partial charge on any atom is -0.445 e. The second kappa shape index (κ2) is 14.7. The molecular weight excluding hydrogens is 508 g/mol. The Morgan fingerprint density at radius 1 is 0.902 bits per heavy atom. The van der Waals surface area contributed by atoms with Gasteiger partial charge in [-0.1, -0.05) is 97.9 Å². The van der Waals surface area contributed by atoms with Crippen LogP contribution in [0, 0.1) is 5.92 Å². The molecule has 5 rings (SSSR count). The smallest absolute Gasteiger partial charge is 0.410 e. The van der Waals surface area contributed by atoms with E-state index in [1.807, 2.05) is 35.2 Å². The molecule has 2 fully saturated rings. The van der Waals surface area contributed by atoms with Gasteiger partial charge in [0.2, 0.25) is 0 Å². The van der Waals surface area contributed by atoms with Gasteiger partial charge >= 0.3 is 6.09 Å². The van der Waals surface area contributed by atoms with E-state index in [4.69, 9.17) is 9.47 Å². The molecule has 2 aliphatic rings. The fourth-order valence-electron chi connectivity index (χ4n) is 6.80. The summed E-state index contributed by atoms with van der Waals surface area (Å²) >= 11 is 0. The summed E-state index contributed by atoms with van der Waals surface area (Å²) in [4.78, 5) is 17.7. The molecule has 5 nitrogen and oxygen atoms in total. The second-order valence-electron chi connectivity index (χ2n) is 11.8. The number of ether oxygens (including phenoxy) is 2. The summed E-state index contributed by atoms with van der Waals surface area (Å²) in [5, 5.41) is 0. The maximum absolute atomic E-state index is 13.1. The first kappa shape index (κ1) is 29.3. The SMILES string of the molecule is CCCN(C(=O)OCc1ccccc1)C1CCN(CC2CC(OC(C)c3ccccc3)CC2c2ccccc2)CC1. The molecule has 0 bridgehead atoms. The van der Waals surface area contributed by atoms with Crippen molar-refractivity contribution < 1.29 is 14.3 Å². The van der Waals surface area contributed by atoms with E-state index < -0.39 is 0 Å². The van der Waals surface area contributed by atoms with Crippen LogP contribution in [0.2, 0.25) is 0 Å². The first-order chi connectivity index (χ1) is 20.1. The standard InChI is InChI=1S/C36H46N2O3/c1-3-21-38(36(39)40-27-29-13-7-4-8-14-29)33-19-22-37(23-20-33)26-32-24-34(25-35(32)31-17-11-6-12-18-31)41-28(2)30-15-9-5-10-16-30/h4-18,28,32-35H,3,19-27H2,1-2H3. The number of hydrogen-bond acceptors (Lipinski definition) is 4. The van der Waals surface area contributed by atoms with Crippen LogP contribution in [0.5, 0.6) is 0 Å². The highest BCUT2D eigenvalue weighted by atomic mass is 16.6. The highest BCUT2D eigenvalue weighted by molar-refractivity contribution is 5.68. The van der Waals surface area contributed by atoms with Crippen molar-refractivity contribution in [2.24, 2.45) is 5.92 Å². The van der Waals surface area contributed by atoms with E-state index in [9.17, 15) is 4.79 Å². The summed E-state index contributed by atoms with van der Waals surface area (Å²) in [6.45, 7) is 8.49. The molecule has 41 heavy (non-hydrogen) atoms. The zero-order valence-corrected chi connectivity index (χ0v) is 24.7. The molecule has 3 aromatic rings. The van der Waals surface area contributed by atoms with Crippen molar-refractivity contribution in [2.45, 2.75) is 76.7 Å². The number of nitrogens with zero attached hydrogens (tertiary/aromatic N) is 2. The molecule has 0 aromatic heterocycles. The van der Waals surface area contributed by atoms with E-state index >= 15 is 0 Å². The number of benzene rings is 3. The highest BCUT2D eigenvalue weighted by Crippen LogP contribution is 2.43. The summed E-state index contributed by atoms with van der Waals surface area (Å²) in [6, 6.07) is 31.8. The van der Waals surface area contributed by atoms with E-state index in [2.05, 4.69) is 79.4 Å². The molecule has 1 aliphatic heterocycles. The third-order valence-corrected chi connectivity index (χ3v) is 8.94. The summed E-state index contributed by atoms with van der Waals surface area (Å²) in [5.74, 6) is 1.07. The van der Waals surface area contributed by atoms with E-state index in [0.717, 1.165) is 63.8 Å². The lowest BCUT2D eigenvalue weighted by Crippen LogP contribution is -2.48. The maximum Gasteiger partial charge on any atom is 0.410 e. The topological polar surface area (TPSA) is 42.0 Å². The van der Waals surface area contributed by atoms with E-state index in [1.165, 1.54) is 11.1 Å². The van der Waals surface area contributed by atoms with Crippen molar-refractivity contribution in [1.82, 2.24) is 9.80 Å². The Bertz CT molecular complexity index is 1180. The lowest BCUT2D eigenvalue weighted by atomic mass is 9.88. The van der Waals surface area contributed by atoms with Gasteiger partial charge in [-0.2, -0.15) is 0 Å². The van der Waals surface area contributed by atoms with Gasteiger partial charge in [-0.25, -0.2) is 4.79 Å². The minimum absolute atomic E-state index is 0.0957. The molecule has 1 heterocycles. The zero-order valence-electron chi connectivity index (χ0n) is 24.7. The van der Waals surface area contributed by atoms with Crippen molar-refractivity contribution in [2.75, 3.05) is 26.2 Å². The lowest BCUT2D eigenvalue weighted by Gasteiger charge is -2.39. The Morgan fingerprint density at radius 2 is 1.54 bits per heavy atom. The van der Waals surface area contributed by atoms with Crippen LogP contribution >= 0.6 is 0 Å². The molecule has 3 aromatic carbocycles. The predicted octanol–water partition coefficient (Wildman–Crippen LogP) is 7.84. The van der Waals surface area contributed by atoms with E-state index in [1.54, 1.807) is 0 Å². The van der Waals surface area contributed by atoms with Crippen molar-refractivity contribution in [3.8, 4) is 0 Å². The molecule has 0 spiro atoms. The number of amides is 1. The molecule has 4 atom stereocenters. The highest BCUT2D eigenvalue weighted by Gasteiger charge is 2.38. The van der Waals surface area contributed by atoms with Crippen molar-refractivity contribution in [3.05, 3.63) is 108 Å². The third kappa shape index (κ3) is 7.99. The van der Waals surface area contributed by atoms with Crippen molar-refractivity contribution in [1.29, 1.82) is 0 Å². The molecule has 1 aliphatic carbocycles. The normalized spacial score (nSPS) is 22.3. The van der Waals surface area contributed by atoms with Gasteiger partial charge in [0.05, 0.1) is 12.2 Å². The van der Waals surface area contributed by atoms with Crippen LogP contribution in [0.25, 0.3) is 0 Å². The molecule has 4 unspecified atom stereocenters. The summed E-state index contributed by atoms with van der Waals surface area (Å²) in [7, 11) is 0. The monoisotopic (exact) mass is 554 g/mol. The van der Waals surface area contributed by atoms with Gasteiger partial charge < -0.3 is 19.3 Å². The van der Waals surface area contributed by atoms with Crippen LogP contribution in [0.3, 0.4) is 0 Å². The van der Waals surface area contributed by atoms with Crippen LogP contribution in [0.4, 0.5) is 4.79 Å². The number of hydrogen-bond donors (Lipinski definition) is 0. The maximum atomic E-state index is 13.1. The summed E-state index contributed by atoms with van der Waals surface area (Å²) in [5.41, 5.74) is 3.70. The molecule has 218 valence electrons. The van der Waals surface area contributed by atoms with Gasteiger partial charge in [0.1, 0.15) is 6.61 Å². The zero-order chi connectivity index (χ0) is 28.4. The number of carbonyl (C=O) groups is 1. The Balaban J connectivity index is 1.17. The van der Waals surface area contributed by atoms with Crippen LogP contribution in [0.1, 0.15) is 74.7 Å². The molecule has 1 amide bonds. The Hall–Kier alpha value is -3.15. The molecule has 0 radical (unpaired) electrons. The van der Waals surface area contributed by atoms with Crippen LogP contribution in [-0.4, -0.2) is 54.2 Å². The van der Waals surface area contributed by atoms with Crippen LogP contribution in [0.15, 0.2) is 91.0 Å². The summed E-state index contributed by atoms with van der Waals surface area (Å²) in [6.07, 6.45) is 5.26. The van der Waals surface area contributed by atoms with Gasteiger partial charge in [-0.05, 0) is 67.6 Å². The van der Waals surface area contributed by atoms with Gasteiger partial charge in [0.25, 0.3) is 0 Å². The first-order valence-electron chi connectivity index (χ1n) is 15.6. The Labute approximate surface area is 246 Å². The molecular formula is C36H46N2O3. The van der Waals surface area contributed by atoms with Gasteiger partial charge in [-0.15, -0.1) is 0 Å². The minimum atomic E-state index is -0.179. The number of carbonyl (C=O) groups excluding carboxylic acids is 1. The second-order valence-corrected chi connectivity index (χ2v) is 11.8. The predicted molar refractivity (Wildman–Crippen MR) is 165 cm³/mol. The first-order valence-corrected chi connectivity index (χ1v) is 15.6. The van der Waals surface area contributed by atoms with Gasteiger partial charge in [-0.3, -0.25) is 0 Å². The Kier molecular flexibility index (Phi) is 10.5. The molecule has 1 saturated carbocycles. The van der Waals surface area contributed by atoms with E-state index in [0.29, 0.717) is 18.4 Å². The fourth-order valence-corrected chi connectivity index (χ4v) is 6.80. The van der Waals surface area contributed by atoms with Crippen molar-refractivity contribution in [3.63, 3.8) is 0 Å². The fraction of sp³-hybridized carbons (Fsp3) is 0.472. The largest absolute Gasteiger partial charge is 0.445 e. The number of likely N-dealkylation sites (tertiary alicyclic amines) is 1. The average molecular weight is 555 g/mol. The van der Waals surface area contributed by atoms with Crippen LogP contribution in [-0.2, 0) is 16.1 Å². The third-order valence-electron chi connectivity index (χ3n) is 8.94. The summed E-state index contributed by atoms with van der Waals surface area (Å²) < 4.78 is 12.4.